The van der Waals surface area contributed by atoms with Crippen molar-refractivity contribution in [3.63, 3.8) is 0 Å². The number of aromatic nitrogens is 2. The van der Waals surface area contributed by atoms with E-state index in [-0.39, 0.29) is 5.56 Å². The molecule has 5 nitrogen and oxygen atoms in total. The largest absolute Gasteiger partial charge is 0.366 e. The highest BCUT2D eigenvalue weighted by atomic mass is 32.2. The van der Waals surface area contributed by atoms with E-state index in [0.717, 1.165) is 20.8 Å². The Morgan fingerprint density at radius 2 is 1.86 bits per heavy atom. The van der Waals surface area contributed by atoms with Gasteiger partial charge in [0.05, 0.1) is 5.39 Å². The molecular formula is C21H17N3O2S2. The van der Waals surface area contributed by atoms with E-state index in [0.29, 0.717) is 21.9 Å². The molecule has 0 unspecified atom stereocenters. The van der Waals surface area contributed by atoms with E-state index in [1.54, 1.807) is 23.7 Å². The minimum absolute atomic E-state index is 0.0463. The van der Waals surface area contributed by atoms with Gasteiger partial charge in [-0.3, -0.25) is 14.2 Å². The maximum atomic E-state index is 12.8. The summed E-state index contributed by atoms with van der Waals surface area (Å²) in [4.78, 5) is 30.5. The van der Waals surface area contributed by atoms with Crippen LogP contribution in [0.15, 0.2) is 70.6 Å². The Morgan fingerprint density at radius 1 is 1.14 bits per heavy atom. The maximum absolute atomic E-state index is 12.8. The quantitative estimate of drug-likeness (QED) is 0.400. The lowest BCUT2D eigenvalue weighted by atomic mass is 10.1. The number of hydrogen-bond acceptors (Lipinski definition) is 5. The van der Waals surface area contributed by atoms with Crippen LogP contribution in [-0.4, -0.2) is 15.5 Å². The smallest absolute Gasteiger partial charge is 0.262 e. The van der Waals surface area contributed by atoms with Crippen LogP contribution < -0.4 is 11.3 Å². The molecule has 0 aliphatic carbocycles. The predicted octanol–water partition coefficient (Wildman–Crippen LogP) is 4.05. The molecule has 0 fully saturated rings. The number of thiophene rings is 1. The fourth-order valence-electron chi connectivity index (χ4n) is 2.83. The van der Waals surface area contributed by atoms with Gasteiger partial charge in [0.25, 0.3) is 5.56 Å². The molecule has 0 atom stereocenters. The van der Waals surface area contributed by atoms with Crippen LogP contribution in [0.2, 0.25) is 0 Å². The van der Waals surface area contributed by atoms with Gasteiger partial charge < -0.3 is 5.73 Å². The zero-order chi connectivity index (χ0) is 19.7. The average Bonchev–Trinajstić information content (AvgIpc) is 3.15. The van der Waals surface area contributed by atoms with Crippen LogP contribution >= 0.6 is 23.1 Å². The lowest BCUT2D eigenvalue weighted by molar-refractivity contribution is 0.100. The summed E-state index contributed by atoms with van der Waals surface area (Å²) >= 11 is 3.02. The molecule has 7 heteroatoms. The second-order valence-corrected chi connectivity index (χ2v) is 8.28. The third kappa shape index (κ3) is 3.58. The van der Waals surface area contributed by atoms with Crippen LogP contribution in [-0.2, 0) is 12.8 Å². The summed E-state index contributed by atoms with van der Waals surface area (Å²) in [5, 5.41) is 1.31. The summed E-state index contributed by atoms with van der Waals surface area (Å²) in [7, 11) is 1.74. The van der Waals surface area contributed by atoms with Gasteiger partial charge in [-0.2, -0.15) is 0 Å². The van der Waals surface area contributed by atoms with Crippen LogP contribution in [0.1, 0.15) is 15.9 Å². The van der Waals surface area contributed by atoms with Crippen molar-refractivity contribution in [1.82, 2.24) is 9.55 Å². The summed E-state index contributed by atoms with van der Waals surface area (Å²) in [6.45, 7) is 0. The van der Waals surface area contributed by atoms with E-state index in [1.807, 2.05) is 48.5 Å². The van der Waals surface area contributed by atoms with E-state index >= 15 is 0 Å². The maximum Gasteiger partial charge on any atom is 0.262 e. The lowest BCUT2D eigenvalue weighted by Crippen LogP contribution is -2.19. The Morgan fingerprint density at radius 3 is 2.54 bits per heavy atom. The molecule has 2 heterocycles. The number of primary amides is 1. The van der Waals surface area contributed by atoms with Gasteiger partial charge >= 0.3 is 0 Å². The highest BCUT2D eigenvalue weighted by molar-refractivity contribution is 7.98. The highest BCUT2D eigenvalue weighted by Crippen LogP contribution is 2.32. The van der Waals surface area contributed by atoms with Crippen LogP contribution in [0.4, 0.5) is 0 Å². The first kappa shape index (κ1) is 18.5. The summed E-state index contributed by atoms with van der Waals surface area (Å²) in [6.07, 6.45) is 0. The molecule has 4 aromatic rings. The molecule has 1 amide bonds. The second kappa shape index (κ2) is 7.61. The molecule has 0 bridgehead atoms. The standard InChI is InChI=1S/C21H17N3O2S2/c1-24-20(26)16-11-17(14-5-3-2-4-6-14)28-19(16)23-21(24)27-12-13-7-9-15(10-8-13)18(22)25/h2-11H,12H2,1H3,(H2,22,25). The van der Waals surface area contributed by atoms with Crippen LogP contribution in [0.5, 0.6) is 0 Å². The zero-order valence-corrected chi connectivity index (χ0v) is 16.7. The van der Waals surface area contributed by atoms with E-state index in [9.17, 15) is 9.59 Å². The molecule has 28 heavy (non-hydrogen) atoms. The summed E-state index contributed by atoms with van der Waals surface area (Å²) in [5.41, 5.74) is 7.81. The number of fused-ring (bicyclic) bond motifs is 1. The molecule has 2 aromatic carbocycles. The number of benzene rings is 2. The Labute approximate surface area is 169 Å². The van der Waals surface area contributed by atoms with Crippen molar-refractivity contribution < 1.29 is 4.79 Å². The van der Waals surface area contributed by atoms with Crippen molar-refractivity contribution in [2.45, 2.75) is 10.9 Å². The van der Waals surface area contributed by atoms with Gasteiger partial charge in [-0.1, -0.05) is 54.2 Å². The third-order valence-electron chi connectivity index (χ3n) is 4.40. The highest BCUT2D eigenvalue weighted by Gasteiger charge is 2.13. The monoisotopic (exact) mass is 407 g/mol. The average molecular weight is 408 g/mol. The molecule has 0 radical (unpaired) electrons. The minimum atomic E-state index is -0.444. The van der Waals surface area contributed by atoms with Gasteiger partial charge in [-0.15, -0.1) is 11.3 Å². The molecule has 0 spiro atoms. The first-order valence-electron chi connectivity index (χ1n) is 8.60. The Balaban J connectivity index is 1.63. The molecule has 0 aliphatic rings. The summed E-state index contributed by atoms with van der Waals surface area (Å²) in [5.74, 6) is 0.197. The topological polar surface area (TPSA) is 78.0 Å². The minimum Gasteiger partial charge on any atom is -0.366 e. The van der Waals surface area contributed by atoms with E-state index in [1.165, 1.54) is 23.1 Å². The fraction of sp³-hybridized carbons (Fsp3) is 0.0952. The second-order valence-electron chi connectivity index (χ2n) is 6.30. The number of rotatable bonds is 5. The SMILES string of the molecule is Cn1c(SCc2ccc(C(N)=O)cc2)nc2sc(-c3ccccc3)cc2c1=O. The van der Waals surface area contributed by atoms with Crippen molar-refractivity contribution in [3.8, 4) is 10.4 Å². The molecule has 2 N–H and O–H groups in total. The van der Waals surface area contributed by atoms with Gasteiger partial charge in [0.2, 0.25) is 5.91 Å². The van der Waals surface area contributed by atoms with Gasteiger partial charge in [0.15, 0.2) is 5.16 Å². The number of hydrogen-bond donors (Lipinski definition) is 1. The number of nitrogens with zero attached hydrogens (tertiary/aromatic N) is 2. The number of carbonyl (C=O) groups is 1. The summed E-state index contributed by atoms with van der Waals surface area (Å²) < 4.78 is 1.59. The predicted molar refractivity (Wildman–Crippen MR) is 115 cm³/mol. The Kier molecular flexibility index (Phi) is 5.02. The number of carbonyl (C=O) groups excluding carboxylic acids is 1. The van der Waals surface area contributed by atoms with Crippen molar-refractivity contribution in [3.05, 3.63) is 82.1 Å². The number of thioether (sulfide) groups is 1. The molecule has 0 aliphatic heterocycles. The molecule has 2 aromatic heterocycles. The molecule has 0 saturated heterocycles. The van der Waals surface area contributed by atoms with Gasteiger partial charge in [-0.25, -0.2) is 4.98 Å². The number of nitrogens with two attached hydrogens (primary N) is 1. The van der Waals surface area contributed by atoms with Crippen LogP contribution in [0.3, 0.4) is 0 Å². The van der Waals surface area contributed by atoms with Crippen LogP contribution in [0.25, 0.3) is 20.7 Å². The van der Waals surface area contributed by atoms with Crippen molar-refractivity contribution in [2.75, 3.05) is 0 Å². The van der Waals surface area contributed by atoms with Crippen molar-refractivity contribution >= 4 is 39.2 Å². The van der Waals surface area contributed by atoms with Crippen molar-refractivity contribution in [2.24, 2.45) is 12.8 Å². The third-order valence-corrected chi connectivity index (χ3v) is 6.58. The van der Waals surface area contributed by atoms with E-state index in [4.69, 9.17) is 10.7 Å². The van der Waals surface area contributed by atoms with Gasteiger partial charge in [0.1, 0.15) is 4.83 Å². The molecule has 140 valence electrons. The van der Waals surface area contributed by atoms with Crippen molar-refractivity contribution in [1.29, 1.82) is 0 Å². The first-order valence-corrected chi connectivity index (χ1v) is 10.4. The van der Waals surface area contributed by atoms with Gasteiger partial charge in [0, 0.05) is 23.2 Å². The normalized spacial score (nSPS) is 11.0. The Bertz CT molecular complexity index is 1210. The molecule has 4 rings (SSSR count). The Hall–Kier alpha value is -2.90. The van der Waals surface area contributed by atoms with E-state index in [2.05, 4.69) is 0 Å². The van der Waals surface area contributed by atoms with E-state index < -0.39 is 5.91 Å². The number of amides is 1. The first-order chi connectivity index (χ1) is 13.5. The molecular weight excluding hydrogens is 390 g/mol. The zero-order valence-electron chi connectivity index (χ0n) is 15.1. The lowest BCUT2D eigenvalue weighted by Gasteiger charge is -2.07. The van der Waals surface area contributed by atoms with Crippen LogP contribution in [0, 0.1) is 0 Å². The van der Waals surface area contributed by atoms with Gasteiger partial charge in [-0.05, 0) is 29.3 Å². The molecule has 0 saturated carbocycles. The fourth-order valence-corrected chi connectivity index (χ4v) is 4.84. The summed E-state index contributed by atoms with van der Waals surface area (Å²) in [6, 6.07) is 19.1.